The van der Waals surface area contributed by atoms with E-state index >= 15 is 0 Å². The van der Waals surface area contributed by atoms with Crippen molar-refractivity contribution in [2.75, 3.05) is 0 Å². The summed E-state index contributed by atoms with van der Waals surface area (Å²) in [6.45, 7) is 4.20. The van der Waals surface area contributed by atoms with E-state index in [0.717, 1.165) is 12.2 Å². The number of rotatable bonds is 4. The molecule has 0 saturated carbocycles. The molecule has 19 heavy (non-hydrogen) atoms. The van der Waals surface area contributed by atoms with Gasteiger partial charge >= 0.3 is 5.97 Å². The standard InChI is InChI=1S/C14H17N3O2/c1-9(2)8-12-15-13(17(3)16-12)10-6-4-5-7-11(10)14(18)19/h4-7,9H,8H2,1-3H3,(H,18,19). The fourth-order valence-electron chi connectivity index (χ4n) is 1.99. The Bertz CT molecular complexity index is 602. The van der Waals surface area contributed by atoms with Crippen molar-refractivity contribution in [1.82, 2.24) is 14.8 Å². The molecule has 0 bridgehead atoms. The van der Waals surface area contributed by atoms with Gasteiger partial charge in [0, 0.05) is 19.0 Å². The molecule has 1 aromatic heterocycles. The molecule has 0 aliphatic carbocycles. The van der Waals surface area contributed by atoms with Gasteiger partial charge in [-0.15, -0.1) is 0 Å². The van der Waals surface area contributed by atoms with Crippen molar-refractivity contribution in [3.8, 4) is 11.4 Å². The van der Waals surface area contributed by atoms with E-state index in [1.165, 1.54) is 0 Å². The van der Waals surface area contributed by atoms with Crippen LogP contribution in [0.3, 0.4) is 0 Å². The van der Waals surface area contributed by atoms with Crippen LogP contribution in [0, 0.1) is 5.92 Å². The van der Waals surface area contributed by atoms with Crippen LogP contribution in [0.2, 0.25) is 0 Å². The molecule has 100 valence electrons. The van der Waals surface area contributed by atoms with Gasteiger partial charge < -0.3 is 5.11 Å². The zero-order valence-corrected chi connectivity index (χ0v) is 11.3. The minimum absolute atomic E-state index is 0.245. The highest BCUT2D eigenvalue weighted by atomic mass is 16.4. The Balaban J connectivity index is 2.47. The summed E-state index contributed by atoms with van der Waals surface area (Å²) in [6, 6.07) is 6.85. The molecule has 0 spiro atoms. The normalized spacial score (nSPS) is 10.9. The maximum absolute atomic E-state index is 11.2. The Kier molecular flexibility index (Phi) is 3.64. The van der Waals surface area contributed by atoms with Crippen LogP contribution >= 0.6 is 0 Å². The second kappa shape index (κ2) is 5.22. The largest absolute Gasteiger partial charge is 0.478 e. The predicted molar refractivity (Wildman–Crippen MR) is 71.9 cm³/mol. The summed E-state index contributed by atoms with van der Waals surface area (Å²) in [4.78, 5) is 15.7. The van der Waals surface area contributed by atoms with Crippen LogP contribution in [0.1, 0.15) is 30.0 Å². The molecule has 1 heterocycles. The number of hydrogen-bond acceptors (Lipinski definition) is 3. The van der Waals surface area contributed by atoms with E-state index in [2.05, 4.69) is 23.9 Å². The molecule has 0 aliphatic heterocycles. The Morgan fingerprint density at radius 1 is 1.37 bits per heavy atom. The van der Waals surface area contributed by atoms with Gasteiger partial charge in [-0.2, -0.15) is 5.10 Å². The number of aromatic nitrogens is 3. The second-order valence-electron chi connectivity index (χ2n) is 4.92. The van der Waals surface area contributed by atoms with Crippen molar-refractivity contribution in [2.24, 2.45) is 13.0 Å². The molecule has 0 aliphatic rings. The van der Waals surface area contributed by atoms with Crippen LogP contribution in [0.15, 0.2) is 24.3 Å². The van der Waals surface area contributed by atoms with Crippen molar-refractivity contribution in [3.63, 3.8) is 0 Å². The van der Waals surface area contributed by atoms with Crippen LogP contribution in [0.4, 0.5) is 0 Å². The Morgan fingerprint density at radius 2 is 2.05 bits per heavy atom. The van der Waals surface area contributed by atoms with Gasteiger partial charge in [0.05, 0.1) is 5.56 Å². The second-order valence-corrected chi connectivity index (χ2v) is 4.92. The minimum atomic E-state index is -0.955. The first-order valence-corrected chi connectivity index (χ1v) is 6.21. The van der Waals surface area contributed by atoms with Crippen LogP contribution in [0.25, 0.3) is 11.4 Å². The van der Waals surface area contributed by atoms with E-state index in [-0.39, 0.29) is 5.56 Å². The zero-order valence-electron chi connectivity index (χ0n) is 11.3. The molecule has 2 aromatic rings. The average molecular weight is 259 g/mol. The van der Waals surface area contributed by atoms with E-state index in [4.69, 9.17) is 0 Å². The zero-order chi connectivity index (χ0) is 14.0. The first kappa shape index (κ1) is 13.3. The van der Waals surface area contributed by atoms with Crippen molar-refractivity contribution in [2.45, 2.75) is 20.3 Å². The Hall–Kier alpha value is -2.17. The van der Waals surface area contributed by atoms with Crippen LogP contribution in [-0.2, 0) is 13.5 Å². The van der Waals surface area contributed by atoms with Gasteiger partial charge in [0.1, 0.15) is 0 Å². The van der Waals surface area contributed by atoms with E-state index in [1.807, 2.05) is 0 Å². The fraction of sp³-hybridized carbons (Fsp3) is 0.357. The first-order chi connectivity index (χ1) is 8.99. The van der Waals surface area contributed by atoms with Gasteiger partial charge in [0.15, 0.2) is 11.6 Å². The molecule has 0 amide bonds. The van der Waals surface area contributed by atoms with Gasteiger partial charge in [-0.1, -0.05) is 32.0 Å². The summed E-state index contributed by atoms with van der Waals surface area (Å²) < 4.78 is 1.64. The summed E-state index contributed by atoms with van der Waals surface area (Å²) in [6.07, 6.45) is 0.781. The molecule has 0 atom stereocenters. The number of nitrogens with zero attached hydrogens (tertiary/aromatic N) is 3. The van der Waals surface area contributed by atoms with E-state index in [1.54, 1.807) is 36.0 Å². The number of carboxylic acids is 1. The van der Waals surface area contributed by atoms with Gasteiger partial charge in [0.2, 0.25) is 0 Å². The highest BCUT2D eigenvalue weighted by molar-refractivity contribution is 5.94. The minimum Gasteiger partial charge on any atom is -0.478 e. The third-order valence-corrected chi connectivity index (χ3v) is 2.80. The summed E-state index contributed by atoms with van der Waals surface area (Å²) in [5.41, 5.74) is 0.842. The molecule has 1 N–H and O–H groups in total. The number of carboxylic acid groups (broad SMARTS) is 1. The summed E-state index contributed by atoms with van der Waals surface area (Å²) in [7, 11) is 1.78. The first-order valence-electron chi connectivity index (χ1n) is 6.21. The van der Waals surface area contributed by atoms with Gasteiger partial charge in [-0.05, 0) is 12.0 Å². The smallest absolute Gasteiger partial charge is 0.336 e. The topological polar surface area (TPSA) is 68.0 Å². The van der Waals surface area contributed by atoms with Crippen molar-refractivity contribution < 1.29 is 9.90 Å². The molecule has 0 unspecified atom stereocenters. The maximum atomic E-state index is 11.2. The number of carbonyl (C=O) groups is 1. The molecular formula is C14H17N3O2. The summed E-state index contributed by atoms with van der Waals surface area (Å²) in [5.74, 6) is 0.843. The third kappa shape index (κ3) is 2.81. The lowest BCUT2D eigenvalue weighted by atomic mass is 10.1. The predicted octanol–water partition coefficient (Wildman–Crippen LogP) is 2.38. The molecule has 5 heteroatoms. The monoisotopic (exact) mass is 259 g/mol. The lowest BCUT2D eigenvalue weighted by Gasteiger charge is -2.04. The highest BCUT2D eigenvalue weighted by Gasteiger charge is 2.16. The molecule has 0 fully saturated rings. The SMILES string of the molecule is CC(C)Cc1nc(-c2ccccc2C(=O)O)n(C)n1. The lowest BCUT2D eigenvalue weighted by molar-refractivity contribution is 0.0697. The maximum Gasteiger partial charge on any atom is 0.336 e. The van der Waals surface area contributed by atoms with Crippen LogP contribution in [0.5, 0.6) is 0 Å². The third-order valence-electron chi connectivity index (χ3n) is 2.80. The molecule has 2 rings (SSSR count). The van der Waals surface area contributed by atoms with E-state index in [9.17, 15) is 9.90 Å². The molecule has 5 nitrogen and oxygen atoms in total. The number of hydrogen-bond donors (Lipinski definition) is 1. The Labute approximate surface area is 111 Å². The summed E-state index contributed by atoms with van der Waals surface area (Å²) in [5, 5.41) is 13.6. The molecule has 0 saturated heterocycles. The number of aryl methyl sites for hydroxylation is 1. The molecule has 0 radical (unpaired) electrons. The summed E-state index contributed by atoms with van der Waals surface area (Å²) >= 11 is 0. The van der Waals surface area contributed by atoms with Gasteiger partial charge in [-0.25, -0.2) is 14.5 Å². The molecular weight excluding hydrogens is 242 g/mol. The van der Waals surface area contributed by atoms with Crippen molar-refractivity contribution in [3.05, 3.63) is 35.7 Å². The van der Waals surface area contributed by atoms with E-state index in [0.29, 0.717) is 17.3 Å². The lowest BCUT2D eigenvalue weighted by Crippen LogP contribution is -2.02. The van der Waals surface area contributed by atoms with Gasteiger partial charge in [0.25, 0.3) is 0 Å². The van der Waals surface area contributed by atoms with Crippen LogP contribution < -0.4 is 0 Å². The highest BCUT2D eigenvalue weighted by Crippen LogP contribution is 2.22. The fourth-order valence-corrected chi connectivity index (χ4v) is 1.99. The number of aromatic carboxylic acids is 1. The Morgan fingerprint density at radius 3 is 2.68 bits per heavy atom. The van der Waals surface area contributed by atoms with Crippen molar-refractivity contribution >= 4 is 5.97 Å². The average Bonchev–Trinajstić information content (AvgIpc) is 2.69. The van der Waals surface area contributed by atoms with Crippen LogP contribution in [-0.4, -0.2) is 25.8 Å². The number of benzene rings is 1. The quantitative estimate of drug-likeness (QED) is 0.915. The van der Waals surface area contributed by atoms with Crippen molar-refractivity contribution in [1.29, 1.82) is 0 Å². The van der Waals surface area contributed by atoms with E-state index < -0.39 is 5.97 Å². The van der Waals surface area contributed by atoms with Gasteiger partial charge in [-0.3, -0.25) is 0 Å². The molecule has 1 aromatic carbocycles.